The Bertz CT molecular complexity index is 506. The second kappa shape index (κ2) is 6.98. The summed E-state index contributed by atoms with van der Waals surface area (Å²) in [5.41, 5.74) is 0.272. The van der Waals surface area contributed by atoms with Crippen molar-refractivity contribution in [3.8, 4) is 0 Å². The lowest BCUT2D eigenvalue weighted by Gasteiger charge is -2.07. The summed E-state index contributed by atoms with van der Waals surface area (Å²) in [7, 11) is -1.57. The first-order chi connectivity index (χ1) is 8.88. The van der Waals surface area contributed by atoms with E-state index in [2.05, 4.69) is 5.32 Å². The van der Waals surface area contributed by atoms with Crippen LogP contribution in [-0.4, -0.2) is 32.7 Å². The van der Waals surface area contributed by atoms with E-state index < -0.39 is 34.4 Å². The molecule has 0 spiro atoms. The zero-order valence-electron chi connectivity index (χ0n) is 10.3. The summed E-state index contributed by atoms with van der Waals surface area (Å²) in [5.74, 6) is -3.26. The topological polar surface area (TPSA) is 83.5 Å². The van der Waals surface area contributed by atoms with Gasteiger partial charge in [-0.2, -0.15) is 0 Å². The van der Waals surface area contributed by atoms with Crippen LogP contribution >= 0.6 is 0 Å². The van der Waals surface area contributed by atoms with Crippen LogP contribution in [-0.2, 0) is 20.4 Å². The van der Waals surface area contributed by atoms with E-state index in [1.165, 1.54) is 25.1 Å². The number of hydrogen-bond donors (Lipinski definition) is 2. The molecule has 1 amide bonds. The highest BCUT2D eigenvalue weighted by molar-refractivity contribution is 7.85. The van der Waals surface area contributed by atoms with Crippen LogP contribution in [0, 0.1) is 11.7 Å². The molecule has 0 fully saturated rings. The monoisotopic (exact) mass is 287 g/mol. The molecule has 0 aliphatic heterocycles. The van der Waals surface area contributed by atoms with Crippen LogP contribution in [0.2, 0.25) is 0 Å². The van der Waals surface area contributed by atoms with E-state index in [0.29, 0.717) is 0 Å². The minimum Gasteiger partial charge on any atom is -0.481 e. The van der Waals surface area contributed by atoms with Gasteiger partial charge in [0.05, 0.1) is 5.92 Å². The minimum absolute atomic E-state index is 0.0914. The summed E-state index contributed by atoms with van der Waals surface area (Å²) in [4.78, 5) is 22.1. The SMILES string of the molecule is CC(CS(=O)CC(=O)Nc1cccc(F)c1)C(=O)O. The molecule has 7 heteroatoms. The molecule has 1 aromatic carbocycles. The molecule has 2 unspecified atom stereocenters. The number of aliphatic carboxylic acids is 1. The average molecular weight is 287 g/mol. The van der Waals surface area contributed by atoms with Gasteiger partial charge in [0.2, 0.25) is 5.91 Å². The van der Waals surface area contributed by atoms with Gasteiger partial charge in [-0.1, -0.05) is 13.0 Å². The highest BCUT2D eigenvalue weighted by Gasteiger charge is 2.17. The molecular formula is C12H14FNO4S. The number of rotatable bonds is 6. The summed E-state index contributed by atoms with van der Waals surface area (Å²) in [6, 6.07) is 5.32. The predicted molar refractivity (Wildman–Crippen MR) is 69.7 cm³/mol. The number of benzene rings is 1. The minimum atomic E-state index is -1.57. The molecule has 2 atom stereocenters. The number of hydrogen-bond acceptors (Lipinski definition) is 3. The van der Waals surface area contributed by atoms with Crippen molar-refractivity contribution >= 4 is 28.4 Å². The first-order valence-electron chi connectivity index (χ1n) is 5.51. The van der Waals surface area contributed by atoms with Gasteiger partial charge in [0.1, 0.15) is 11.6 Å². The molecule has 2 N–H and O–H groups in total. The Morgan fingerprint density at radius 2 is 2.16 bits per heavy atom. The van der Waals surface area contributed by atoms with Crippen molar-refractivity contribution in [3.63, 3.8) is 0 Å². The van der Waals surface area contributed by atoms with Crippen molar-refractivity contribution in [2.24, 2.45) is 5.92 Å². The Labute approximate surface area is 112 Å². The Kier molecular flexibility index (Phi) is 5.62. The van der Waals surface area contributed by atoms with Gasteiger partial charge < -0.3 is 10.4 Å². The molecule has 0 aromatic heterocycles. The molecular weight excluding hydrogens is 273 g/mol. The first-order valence-corrected chi connectivity index (χ1v) is 7.00. The number of carbonyl (C=O) groups is 2. The fourth-order valence-corrected chi connectivity index (χ4v) is 2.50. The fraction of sp³-hybridized carbons (Fsp3) is 0.333. The molecule has 0 radical (unpaired) electrons. The number of anilines is 1. The van der Waals surface area contributed by atoms with Crippen molar-refractivity contribution in [1.29, 1.82) is 0 Å². The van der Waals surface area contributed by atoms with E-state index in [1.807, 2.05) is 0 Å². The van der Waals surface area contributed by atoms with E-state index in [1.54, 1.807) is 0 Å². The van der Waals surface area contributed by atoms with E-state index in [-0.39, 0.29) is 17.2 Å². The number of carboxylic acids is 1. The highest BCUT2D eigenvalue weighted by Crippen LogP contribution is 2.09. The van der Waals surface area contributed by atoms with Crippen molar-refractivity contribution in [1.82, 2.24) is 0 Å². The third kappa shape index (κ3) is 5.60. The molecule has 0 bridgehead atoms. The lowest BCUT2D eigenvalue weighted by molar-refractivity contribution is -0.140. The van der Waals surface area contributed by atoms with E-state index in [4.69, 9.17) is 5.11 Å². The zero-order chi connectivity index (χ0) is 14.4. The van der Waals surface area contributed by atoms with E-state index in [9.17, 15) is 18.2 Å². The Morgan fingerprint density at radius 1 is 1.47 bits per heavy atom. The van der Waals surface area contributed by atoms with Crippen molar-refractivity contribution in [3.05, 3.63) is 30.1 Å². The van der Waals surface area contributed by atoms with Gasteiger partial charge in [0.25, 0.3) is 0 Å². The number of halogens is 1. The second-order valence-electron chi connectivity index (χ2n) is 4.05. The molecule has 0 aliphatic carbocycles. The van der Waals surface area contributed by atoms with Crippen molar-refractivity contribution in [2.75, 3.05) is 16.8 Å². The van der Waals surface area contributed by atoms with Crippen LogP contribution in [0.4, 0.5) is 10.1 Å². The van der Waals surface area contributed by atoms with Crippen molar-refractivity contribution < 1.29 is 23.3 Å². The zero-order valence-corrected chi connectivity index (χ0v) is 11.1. The summed E-state index contributed by atoms with van der Waals surface area (Å²) < 4.78 is 24.4. The third-order valence-electron chi connectivity index (χ3n) is 2.26. The van der Waals surface area contributed by atoms with Crippen LogP contribution in [0.3, 0.4) is 0 Å². The fourth-order valence-electron chi connectivity index (χ4n) is 1.32. The third-order valence-corrected chi connectivity index (χ3v) is 3.71. The van der Waals surface area contributed by atoms with Gasteiger partial charge in [-0.3, -0.25) is 13.8 Å². The maximum Gasteiger partial charge on any atom is 0.307 e. The Balaban J connectivity index is 2.47. The quantitative estimate of drug-likeness (QED) is 0.824. The van der Waals surface area contributed by atoms with E-state index in [0.717, 1.165) is 6.07 Å². The van der Waals surface area contributed by atoms with Gasteiger partial charge in [0.15, 0.2) is 0 Å². The smallest absolute Gasteiger partial charge is 0.307 e. The van der Waals surface area contributed by atoms with Gasteiger partial charge in [-0.05, 0) is 18.2 Å². The largest absolute Gasteiger partial charge is 0.481 e. The lowest BCUT2D eigenvalue weighted by atomic mass is 10.2. The molecule has 0 saturated heterocycles. The molecule has 104 valence electrons. The standard InChI is InChI=1S/C12H14FNO4S/c1-8(12(16)17)6-19(18)7-11(15)14-10-4-2-3-9(13)5-10/h2-5,8H,6-7H2,1H3,(H,14,15)(H,16,17). The summed E-state index contributed by atoms with van der Waals surface area (Å²) in [6.07, 6.45) is 0. The summed E-state index contributed by atoms with van der Waals surface area (Å²) in [5, 5.41) is 11.1. The molecule has 0 heterocycles. The highest BCUT2D eigenvalue weighted by atomic mass is 32.2. The number of nitrogens with one attached hydrogen (secondary N) is 1. The van der Waals surface area contributed by atoms with Gasteiger partial charge in [0, 0.05) is 22.2 Å². The molecule has 0 saturated carbocycles. The van der Waals surface area contributed by atoms with Crippen LogP contribution in [0.5, 0.6) is 0 Å². The van der Waals surface area contributed by atoms with Crippen LogP contribution < -0.4 is 5.32 Å². The van der Waals surface area contributed by atoms with Crippen LogP contribution in [0.1, 0.15) is 6.92 Å². The summed E-state index contributed by atoms with van der Waals surface area (Å²) in [6.45, 7) is 1.42. The molecule has 1 rings (SSSR count). The normalized spacial score (nSPS) is 13.6. The Morgan fingerprint density at radius 3 is 2.74 bits per heavy atom. The van der Waals surface area contributed by atoms with E-state index >= 15 is 0 Å². The number of carbonyl (C=O) groups excluding carboxylic acids is 1. The predicted octanol–water partition coefficient (Wildman–Crippen LogP) is 1.23. The molecule has 19 heavy (non-hydrogen) atoms. The number of carboxylic acid groups (broad SMARTS) is 1. The maximum absolute atomic E-state index is 12.9. The molecule has 0 aliphatic rings. The van der Waals surface area contributed by atoms with Crippen molar-refractivity contribution in [2.45, 2.75) is 6.92 Å². The van der Waals surface area contributed by atoms with Gasteiger partial charge in [-0.15, -0.1) is 0 Å². The summed E-state index contributed by atoms with van der Waals surface area (Å²) >= 11 is 0. The lowest BCUT2D eigenvalue weighted by Crippen LogP contribution is -2.25. The van der Waals surface area contributed by atoms with Gasteiger partial charge >= 0.3 is 5.97 Å². The molecule has 1 aromatic rings. The van der Waals surface area contributed by atoms with Gasteiger partial charge in [-0.25, -0.2) is 4.39 Å². The molecule has 5 nitrogen and oxygen atoms in total. The second-order valence-corrected chi connectivity index (χ2v) is 5.55. The van der Waals surface area contributed by atoms with Crippen LogP contribution in [0.25, 0.3) is 0 Å². The Hall–Kier alpha value is -1.76. The average Bonchev–Trinajstić information content (AvgIpc) is 2.27. The number of amides is 1. The van der Waals surface area contributed by atoms with Crippen LogP contribution in [0.15, 0.2) is 24.3 Å². The maximum atomic E-state index is 12.9. The first kappa shape index (κ1) is 15.3.